The number of nitrogens with zero attached hydrogens (tertiary/aromatic N) is 2. The van der Waals surface area contributed by atoms with Crippen molar-refractivity contribution < 1.29 is 4.79 Å². The van der Waals surface area contributed by atoms with Crippen molar-refractivity contribution in [3.63, 3.8) is 0 Å². The number of anilines is 1. The van der Waals surface area contributed by atoms with Crippen LogP contribution in [0.3, 0.4) is 0 Å². The average Bonchev–Trinajstić information content (AvgIpc) is 2.97. The number of amides is 1. The Balaban J connectivity index is 1.77. The normalized spacial score (nSPS) is 13.0. The van der Waals surface area contributed by atoms with E-state index >= 15 is 0 Å². The number of fused-ring (bicyclic) bond motifs is 1. The lowest BCUT2D eigenvalue weighted by Gasteiger charge is -2.19. The highest BCUT2D eigenvalue weighted by atomic mass is 16.2. The van der Waals surface area contributed by atoms with E-state index in [2.05, 4.69) is 43.2 Å². The third-order valence-corrected chi connectivity index (χ3v) is 4.30. The summed E-state index contributed by atoms with van der Waals surface area (Å²) in [5.74, 6) is -0.0540. The minimum atomic E-state index is -0.334. The van der Waals surface area contributed by atoms with E-state index in [0.29, 0.717) is 0 Å². The first kappa shape index (κ1) is 16.2. The lowest BCUT2D eigenvalue weighted by atomic mass is 9.87. The maximum Gasteiger partial charge on any atom is 0.247 e. The molecule has 1 heterocycles. The second-order valence-electron chi connectivity index (χ2n) is 7.13. The number of hydrogen-bond acceptors (Lipinski definition) is 2. The van der Waals surface area contributed by atoms with Gasteiger partial charge in [-0.2, -0.15) is 0 Å². The van der Waals surface area contributed by atoms with Crippen molar-refractivity contribution in [1.29, 1.82) is 0 Å². The summed E-state index contributed by atoms with van der Waals surface area (Å²) >= 11 is 0. The molecular formula is C20H23N3O. The van der Waals surface area contributed by atoms with Crippen molar-refractivity contribution in [2.24, 2.45) is 0 Å². The number of para-hydroxylation sites is 2. The molecule has 0 aliphatic rings. The van der Waals surface area contributed by atoms with Crippen LogP contribution >= 0.6 is 0 Å². The number of imidazole rings is 1. The standard InChI is InChI=1S/C20H23N3O/c1-14(23-13-21-17-7-5-6-8-18(17)23)19(24)22-16-11-9-15(10-12-16)20(2,3)4/h5-14H,1-4H3,(H,22,24). The molecule has 4 heteroatoms. The zero-order chi connectivity index (χ0) is 17.3. The minimum Gasteiger partial charge on any atom is -0.324 e. The van der Waals surface area contributed by atoms with E-state index in [1.807, 2.05) is 47.9 Å². The van der Waals surface area contributed by atoms with Gasteiger partial charge in [-0.1, -0.05) is 45.0 Å². The van der Waals surface area contributed by atoms with Gasteiger partial charge in [0.15, 0.2) is 0 Å². The molecule has 124 valence electrons. The monoisotopic (exact) mass is 321 g/mol. The first-order valence-electron chi connectivity index (χ1n) is 8.19. The third-order valence-electron chi connectivity index (χ3n) is 4.30. The van der Waals surface area contributed by atoms with Gasteiger partial charge in [-0.15, -0.1) is 0 Å². The second-order valence-corrected chi connectivity index (χ2v) is 7.13. The first-order valence-corrected chi connectivity index (χ1v) is 8.19. The van der Waals surface area contributed by atoms with Crippen molar-refractivity contribution in [3.05, 3.63) is 60.4 Å². The van der Waals surface area contributed by atoms with Gasteiger partial charge in [-0.25, -0.2) is 4.98 Å². The molecule has 24 heavy (non-hydrogen) atoms. The van der Waals surface area contributed by atoms with E-state index in [0.717, 1.165) is 16.7 Å². The van der Waals surface area contributed by atoms with Crippen LogP contribution in [0, 0.1) is 0 Å². The predicted octanol–water partition coefficient (Wildman–Crippen LogP) is 4.53. The van der Waals surface area contributed by atoms with E-state index in [1.165, 1.54) is 5.56 Å². The summed E-state index contributed by atoms with van der Waals surface area (Å²) in [6.07, 6.45) is 1.72. The Hall–Kier alpha value is -2.62. The fourth-order valence-corrected chi connectivity index (χ4v) is 2.71. The Morgan fingerprint density at radius 2 is 1.75 bits per heavy atom. The molecule has 1 atom stereocenters. The predicted molar refractivity (Wildman–Crippen MR) is 98.2 cm³/mol. The molecule has 3 aromatic rings. The molecule has 0 aliphatic heterocycles. The molecule has 2 aromatic carbocycles. The van der Waals surface area contributed by atoms with Gasteiger partial charge in [0.1, 0.15) is 6.04 Å². The van der Waals surface area contributed by atoms with E-state index in [9.17, 15) is 4.79 Å². The lowest BCUT2D eigenvalue weighted by Crippen LogP contribution is -2.23. The van der Waals surface area contributed by atoms with Crippen LogP contribution in [0.4, 0.5) is 5.69 Å². The van der Waals surface area contributed by atoms with Gasteiger partial charge in [-0.05, 0) is 42.2 Å². The number of benzene rings is 2. The van der Waals surface area contributed by atoms with Crippen LogP contribution < -0.4 is 5.32 Å². The van der Waals surface area contributed by atoms with E-state index in [-0.39, 0.29) is 17.4 Å². The fraction of sp³-hybridized carbons (Fsp3) is 0.300. The smallest absolute Gasteiger partial charge is 0.247 e. The van der Waals surface area contributed by atoms with Crippen molar-refractivity contribution in [2.75, 3.05) is 5.32 Å². The quantitative estimate of drug-likeness (QED) is 0.770. The topological polar surface area (TPSA) is 46.9 Å². The molecule has 0 fully saturated rings. The molecule has 3 rings (SSSR count). The number of hydrogen-bond donors (Lipinski definition) is 1. The summed E-state index contributed by atoms with van der Waals surface area (Å²) in [5.41, 5.74) is 4.01. The zero-order valence-corrected chi connectivity index (χ0v) is 14.6. The van der Waals surface area contributed by atoms with Crippen LogP contribution in [0.2, 0.25) is 0 Å². The van der Waals surface area contributed by atoms with Gasteiger partial charge in [0.25, 0.3) is 0 Å². The van der Waals surface area contributed by atoms with Crippen molar-refractivity contribution >= 4 is 22.6 Å². The summed E-state index contributed by atoms with van der Waals surface area (Å²) < 4.78 is 1.90. The largest absolute Gasteiger partial charge is 0.324 e. The maximum absolute atomic E-state index is 12.6. The molecule has 0 spiro atoms. The zero-order valence-electron chi connectivity index (χ0n) is 14.6. The van der Waals surface area contributed by atoms with Crippen LogP contribution in [-0.4, -0.2) is 15.5 Å². The summed E-state index contributed by atoms with van der Waals surface area (Å²) in [5, 5.41) is 2.99. The van der Waals surface area contributed by atoms with Crippen LogP contribution in [-0.2, 0) is 10.2 Å². The second kappa shape index (κ2) is 6.11. The van der Waals surface area contributed by atoms with Crippen LogP contribution in [0.1, 0.15) is 39.3 Å². The van der Waals surface area contributed by atoms with E-state index in [4.69, 9.17) is 0 Å². The number of carbonyl (C=O) groups excluding carboxylic acids is 1. The molecular weight excluding hydrogens is 298 g/mol. The van der Waals surface area contributed by atoms with Crippen LogP contribution in [0.15, 0.2) is 54.9 Å². The van der Waals surface area contributed by atoms with Gasteiger partial charge >= 0.3 is 0 Å². The highest BCUT2D eigenvalue weighted by Gasteiger charge is 2.18. The average molecular weight is 321 g/mol. The molecule has 0 radical (unpaired) electrons. The molecule has 1 aromatic heterocycles. The van der Waals surface area contributed by atoms with Crippen molar-refractivity contribution in [2.45, 2.75) is 39.2 Å². The molecule has 4 nitrogen and oxygen atoms in total. The van der Waals surface area contributed by atoms with Gasteiger partial charge in [0.2, 0.25) is 5.91 Å². The Bertz CT molecular complexity index is 856. The Morgan fingerprint density at radius 3 is 2.42 bits per heavy atom. The first-order chi connectivity index (χ1) is 11.4. The number of nitrogens with one attached hydrogen (secondary N) is 1. The fourth-order valence-electron chi connectivity index (χ4n) is 2.71. The molecule has 0 saturated carbocycles. The van der Waals surface area contributed by atoms with E-state index in [1.54, 1.807) is 6.33 Å². The highest BCUT2D eigenvalue weighted by Crippen LogP contribution is 2.24. The highest BCUT2D eigenvalue weighted by molar-refractivity contribution is 5.94. The third kappa shape index (κ3) is 3.18. The Labute approximate surface area is 142 Å². The van der Waals surface area contributed by atoms with Gasteiger partial charge in [0, 0.05) is 5.69 Å². The molecule has 1 N–H and O–H groups in total. The Morgan fingerprint density at radius 1 is 1.08 bits per heavy atom. The lowest BCUT2D eigenvalue weighted by molar-refractivity contribution is -0.118. The van der Waals surface area contributed by atoms with Gasteiger partial charge in [0.05, 0.1) is 17.4 Å². The van der Waals surface area contributed by atoms with Crippen molar-refractivity contribution in [1.82, 2.24) is 9.55 Å². The molecule has 0 bridgehead atoms. The van der Waals surface area contributed by atoms with Crippen molar-refractivity contribution in [3.8, 4) is 0 Å². The van der Waals surface area contributed by atoms with Gasteiger partial charge in [-0.3, -0.25) is 4.79 Å². The van der Waals surface area contributed by atoms with Crippen LogP contribution in [0.25, 0.3) is 11.0 Å². The summed E-state index contributed by atoms with van der Waals surface area (Å²) in [4.78, 5) is 16.9. The van der Waals surface area contributed by atoms with Crippen LogP contribution in [0.5, 0.6) is 0 Å². The number of aromatic nitrogens is 2. The molecule has 1 unspecified atom stereocenters. The number of carbonyl (C=O) groups is 1. The summed E-state index contributed by atoms with van der Waals surface area (Å²) in [6.45, 7) is 8.40. The minimum absolute atomic E-state index is 0.0540. The molecule has 0 saturated heterocycles. The molecule has 1 amide bonds. The number of rotatable bonds is 3. The summed E-state index contributed by atoms with van der Waals surface area (Å²) in [6, 6.07) is 15.5. The SMILES string of the molecule is CC(C(=O)Nc1ccc(C(C)(C)C)cc1)n1cnc2ccccc21. The maximum atomic E-state index is 12.6. The van der Waals surface area contributed by atoms with E-state index < -0.39 is 0 Å². The summed E-state index contributed by atoms with van der Waals surface area (Å²) in [7, 11) is 0. The molecule has 0 aliphatic carbocycles. The Kier molecular flexibility index (Phi) is 4.14. The van der Waals surface area contributed by atoms with Gasteiger partial charge < -0.3 is 9.88 Å².